The minimum absolute atomic E-state index is 0.128. The van der Waals surface area contributed by atoms with Crippen LogP contribution in [-0.4, -0.2) is 12.6 Å². The van der Waals surface area contributed by atoms with Crippen LogP contribution in [0.15, 0.2) is 0 Å². The Hall–Kier alpha value is -0.530. The topological polar surface area (TPSA) is 26.3 Å². The third-order valence-corrected chi connectivity index (χ3v) is 6.20. The maximum Gasteiger partial charge on any atom is 0.309 e. The smallest absolute Gasteiger partial charge is 0.309 e. The highest BCUT2D eigenvalue weighted by atomic mass is 16.5. The van der Waals surface area contributed by atoms with Crippen LogP contribution in [0.25, 0.3) is 0 Å². The summed E-state index contributed by atoms with van der Waals surface area (Å²) in [5.74, 6) is 5.97. The number of hydrogen-bond donors (Lipinski definition) is 0. The van der Waals surface area contributed by atoms with Crippen molar-refractivity contribution >= 4 is 5.97 Å². The van der Waals surface area contributed by atoms with E-state index in [1.54, 1.807) is 0 Å². The van der Waals surface area contributed by atoms with Gasteiger partial charge in [0.1, 0.15) is 0 Å². The van der Waals surface area contributed by atoms with Crippen LogP contribution in [0, 0.1) is 47.3 Å². The molecule has 0 aromatic heterocycles. The Morgan fingerprint density at radius 2 is 1.56 bits per heavy atom. The molecule has 1 saturated heterocycles. The first-order valence-corrected chi connectivity index (χ1v) is 7.85. The Morgan fingerprint density at radius 3 is 2.22 bits per heavy atom. The first-order valence-electron chi connectivity index (χ1n) is 7.85. The Balaban J connectivity index is 0.000000478. The second-order valence-corrected chi connectivity index (χ2v) is 6.73. The molecule has 4 rings (SSSR count). The zero-order chi connectivity index (χ0) is 13.0. The molecule has 4 aliphatic rings. The maximum atomic E-state index is 11.8. The predicted molar refractivity (Wildman–Crippen MR) is 70.8 cm³/mol. The summed E-state index contributed by atoms with van der Waals surface area (Å²) >= 11 is 0. The Kier molecular flexibility index (Phi) is 2.95. The Labute approximate surface area is 110 Å². The van der Waals surface area contributed by atoms with Gasteiger partial charge in [0.2, 0.25) is 0 Å². The fourth-order valence-electron chi connectivity index (χ4n) is 5.98. The quantitative estimate of drug-likeness (QED) is 0.616. The van der Waals surface area contributed by atoms with Crippen LogP contribution in [0.2, 0.25) is 0 Å². The summed E-state index contributed by atoms with van der Waals surface area (Å²) in [4.78, 5) is 11.8. The lowest BCUT2D eigenvalue weighted by atomic mass is 9.67. The minimum Gasteiger partial charge on any atom is -0.465 e. The molecule has 2 bridgehead atoms. The molecule has 1 heterocycles. The summed E-state index contributed by atoms with van der Waals surface area (Å²) in [5, 5.41) is 0. The van der Waals surface area contributed by atoms with Crippen molar-refractivity contribution in [1.82, 2.24) is 0 Å². The molecule has 0 radical (unpaired) electrons. The fourth-order valence-corrected chi connectivity index (χ4v) is 5.98. The highest BCUT2D eigenvalue weighted by molar-refractivity contribution is 5.76. The average Bonchev–Trinajstić information content (AvgIpc) is 3.05. The van der Waals surface area contributed by atoms with Gasteiger partial charge in [0, 0.05) is 5.92 Å². The number of cyclic esters (lactones) is 1. The summed E-state index contributed by atoms with van der Waals surface area (Å²) in [5.41, 5.74) is 0. The van der Waals surface area contributed by atoms with Crippen LogP contribution in [0.1, 0.15) is 40.5 Å². The Morgan fingerprint density at radius 1 is 0.944 bits per heavy atom. The molecule has 0 amide bonds. The number of rotatable bonds is 0. The van der Waals surface area contributed by atoms with Crippen molar-refractivity contribution in [2.45, 2.75) is 40.5 Å². The van der Waals surface area contributed by atoms with E-state index in [0.29, 0.717) is 17.8 Å². The first kappa shape index (κ1) is 12.5. The van der Waals surface area contributed by atoms with Crippen molar-refractivity contribution in [2.24, 2.45) is 47.3 Å². The van der Waals surface area contributed by atoms with Gasteiger partial charge in [-0.15, -0.1) is 0 Å². The molecule has 102 valence electrons. The molecule has 8 unspecified atom stereocenters. The molecular formula is C16H26O2. The van der Waals surface area contributed by atoms with Gasteiger partial charge in [-0.2, -0.15) is 0 Å². The molecule has 8 atom stereocenters. The van der Waals surface area contributed by atoms with E-state index in [1.165, 1.54) is 12.8 Å². The van der Waals surface area contributed by atoms with Gasteiger partial charge in [0.25, 0.3) is 0 Å². The van der Waals surface area contributed by atoms with Gasteiger partial charge in [-0.25, -0.2) is 0 Å². The van der Waals surface area contributed by atoms with Crippen LogP contribution in [-0.2, 0) is 9.53 Å². The second kappa shape index (κ2) is 4.25. The molecular weight excluding hydrogens is 224 g/mol. The lowest BCUT2D eigenvalue weighted by molar-refractivity contribution is -0.143. The van der Waals surface area contributed by atoms with Crippen LogP contribution in [0.5, 0.6) is 0 Å². The van der Waals surface area contributed by atoms with Gasteiger partial charge in [-0.3, -0.25) is 4.79 Å². The molecule has 3 aliphatic carbocycles. The summed E-state index contributed by atoms with van der Waals surface area (Å²) in [6.07, 6.45) is 2.71. The van der Waals surface area contributed by atoms with Crippen molar-refractivity contribution in [3.8, 4) is 0 Å². The number of ether oxygens (including phenoxy) is 1. The number of esters is 1. The van der Waals surface area contributed by atoms with E-state index in [2.05, 4.69) is 13.8 Å². The number of carbonyl (C=O) groups excluding carboxylic acids is 1. The SMILES string of the molecule is CC.CC1CC(C)C2C3CC(C4COC(=O)C43)C12. The minimum atomic E-state index is 0.128. The van der Waals surface area contributed by atoms with Crippen LogP contribution < -0.4 is 0 Å². The van der Waals surface area contributed by atoms with Crippen molar-refractivity contribution in [2.75, 3.05) is 6.61 Å². The van der Waals surface area contributed by atoms with E-state index >= 15 is 0 Å². The summed E-state index contributed by atoms with van der Waals surface area (Å²) < 4.78 is 5.30. The molecule has 0 spiro atoms. The van der Waals surface area contributed by atoms with E-state index < -0.39 is 0 Å². The lowest BCUT2D eigenvalue weighted by Gasteiger charge is -2.34. The number of carbonyl (C=O) groups is 1. The molecule has 0 aromatic carbocycles. The predicted octanol–water partition coefficient (Wildman–Crippen LogP) is 3.36. The van der Waals surface area contributed by atoms with Crippen LogP contribution in [0.3, 0.4) is 0 Å². The van der Waals surface area contributed by atoms with Gasteiger partial charge >= 0.3 is 5.97 Å². The normalized spacial score (nSPS) is 55.7. The van der Waals surface area contributed by atoms with Gasteiger partial charge < -0.3 is 4.74 Å². The van der Waals surface area contributed by atoms with Crippen LogP contribution >= 0.6 is 0 Å². The summed E-state index contributed by atoms with van der Waals surface area (Å²) in [7, 11) is 0. The number of fused-ring (bicyclic) bond motifs is 8. The molecule has 2 nitrogen and oxygen atoms in total. The van der Waals surface area contributed by atoms with Gasteiger partial charge in [0.05, 0.1) is 12.5 Å². The van der Waals surface area contributed by atoms with Crippen molar-refractivity contribution in [3.05, 3.63) is 0 Å². The summed E-state index contributed by atoms with van der Waals surface area (Å²) in [6.45, 7) is 9.56. The summed E-state index contributed by atoms with van der Waals surface area (Å²) in [6, 6.07) is 0. The zero-order valence-corrected chi connectivity index (χ0v) is 12.1. The molecule has 0 aromatic rings. The monoisotopic (exact) mass is 250 g/mol. The van der Waals surface area contributed by atoms with E-state index in [0.717, 1.165) is 36.2 Å². The molecule has 1 aliphatic heterocycles. The third kappa shape index (κ3) is 1.38. The number of hydrogen-bond acceptors (Lipinski definition) is 2. The van der Waals surface area contributed by atoms with Gasteiger partial charge in [-0.1, -0.05) is 27.7 Å². The zero-order valence-electron chi connectivity index (χ0n) is 12.1. The first-order chi connectivity index (χ1) is 8.68. The standard InChI is InChI=1S/C14H20O2.C2H6/c1-6-3-7(2)12-9-4-8(11(6)12)10-5-16-14(15)13(9)10;1-2/h6-13H,3-5H2,1-2H3;1-2H3. The second-order valence-electron chi connectivity index (χ2n) is 6.73. The maximum absolute atomic E-state index is 11.8. The van der Waals surface area contributed by atoms with E-state index in [-0.39, 0.29) is 5.97 Å². The fraction of sp³-hybridized carbons (Fsp3) is 0.938. The lowest BCUT2D eigenvalue weighted by Crippen LogP contribution is -2.36. The average molecular weight is 250 g/mol. The third-order valence-electron chi connectivity index (χ3n) is 6.20. The van der Waals surface area contributed by atoms with Gasteiger partial charge in [0.15, 0.2) is 0 Å². The molecule has 0 N–H and O–H groups in total. The van der Waals surface area contributed by atoms with Crippen molar-refractivity contribution < 1.29 is 9.53 Å². The van der Waals surface area contributed by atoms with E-state index in [1.807, 2.05) is 13.8 Å². The van der Waals surface area contributed by atoms with Gasteiger partial charge in [-0.05, 0) is 48.3 Å². The molecule has 3 saturated carbocycles. The van der Waals surface area contributed by atoms with E-state index in [9.17, 15) is 4.79 Å². The van der Waals surface area contributed by atoms with E-state index in [4.69, 9.17) is 4.74 Å². The largest absolute Gasteiger partial charge is 0.465 e. The van der Waals surface area contributed by atoms with Crippen molar-refractivity contribution in [3.63, 3.8) is 0 Å². The highest BCUT2D eigenvalue weighted by Gasteiger charge is 2.66. The molecule has 2 heteroatoms. The molecule has 4 fully saturated rings. The van der Waals surface area contributed by atoms with Crippen LogP contribution in [0.4, 0.5) is 0 Å². The highest BCUT2D eigenvalue weighted by Crippen LogP contribution is 2.67. The Bertz CT molecular complexity index is 351. The molecule has 18 heavy (non-hydrogen) atoms. The van der Waals surface area contributed by atoms with Crippen molar-refractivity contribution in [1.29, 1.82) is 0 Å².